The molecule has 1 atom stereocenters. The molecule has 1 unspecified atom stereocenters. The molecule has 1 aromatic carbocycles. The summed E-state index contributed by atoms with van der Waals surface area (Å²) < 4.78 is 2.28. The van der Waals surface area contributed by atoms with Gasteiger partial charge in [-0.05, 0) is 55.4 Å². The van der Waals surface area contributed by atoms with Crippen LogP contribution in [0.2, 0.25) is 0 Å². The molecule has 2 heteroatoms. The number of hydrogen-bond donors (Lipinski definition) is 0. The maximum atomic E-state index is 4.38. The number of aryl methyl sites for hydroxylation is 2. The first kappa shape index (κ1) is 16.8. The molecule has 0 saturated carbocycles. The van der Waals surface area contributed by atoms with Gasteiger partial charge < -0.3 is 4.40 Å². The standard InChI is InChI=1S/C22H28N2/c1-5-8-17(6-2)20-14-22(24-15-23-12-11-21(20)24)19-10-9-16(4)13-18(19)7-3/h9-15,17H,5-8H2,1-4H3. The Balaban J connectivity index is 2.23. The van der Waals surface area contributed by atoms with Crippen molar-refractivity contribution in [3.63, 3.8) is 0 Å². The van der Waals surface area contributed by atoms with E-state index in [-0.39, 0.29) is 0 Å². The monoisotopic (exact) mass is 320 g/mol. The zero-order valence-corrected chi connectivity index (χ0v) is 15.3. The molecule has 0 bridgehead atoms. The van der Waals surface area contributed by atoms with Crippen molar-refractivity contribution >= 4 is 5.52 Å². The number of benzene rings is 1. The number of nitrogens with zero attached hydrogens (tertiary/aromatic N) is 2. The minimum Gasteiger partial charge on any atom is -0.300 e. The molecule has 0 aliphatic carbocycles. The summed E-state index contributed by atoms with van der Waals surface area (Å²) in [6.45, 7) is 8.98. The molecule has 0 aliphatic rings. The Morgan fingerprint density at radius 1 is 1.08 bits per heavy atom. The van der Waals surface area contributed by atoms with Crippen LogP contribution in [0.4, 0.5) is 0 Å². The van der Waals surface area contributed by atoms with Crippen molar-refractivity contribution in [2.75, 3.05) is 0 Å². The first-order valence-corrected chi connectivity index (χ1v) is 9.24. The normalized spacial score (nSPS) is 12.7. The van der Waals surface area contributed by atoms with Gasteiger partial charge in [0.05, 0.1) is 17.5 Å². The SMILES string of the molecule is CCCC(CC)c1cc(-c2ccc(C)cc2CC)n2cnccc12. The first-order valence-electron chi connectivity index (χ1n) is 9.24. The fourth-order valence-corrected chi connectivity index (χ4v) is 3.81. The average Bonchev–Trinajstić information content (AvgIpc) is 2.99. The van der Waals surface area contributed by atoms with Crippen molar-refractivity contribution in [1.29, 1.82) is 0 Å². The second-order valence-electron chi connectivity index (χ2n) is 6.73. The lowest BCUT2D eigenvalue weighted by Crippen LogP contribution is -1.96. The van der Waals surface area contributed by atoms with E-state index in [0.717, 1.165) is 6.42 Å². The fourth-order valence-electron chi connectivity index (χ4n) is 3.81. The van der Waals surface area contributed by atoms with Gasteiger partial charge in [0.25, 0.3) is 0 Å². The van der Waals surface area contributed by atoms with Gasteiger partial charge in [-0.3, -0.25) is 0 Å². The third-order valence-corrected chi connectivity index (χ3v) is 5.10. The van der Waals surface area contributed by atoms with Crippen LogP contribution in [0.3, 0.4) is 0 Å². The molecule has 24 heavy (non-hydrogen) atoms. The lowest BCUT2D eigenvalue weighted by atomic mass is 9.92. The van der Waals surface area contributed by atoms with E-state index in [1.54, 1.807) is 0 Å². The number of aromatic nitrogens is 2. The van der Waals surface area contributed by atoms with E-state index in [1.807, 2.05) is 12.5 Å². The summed E-state index contributed by atoms with van der Waals surface area (Å²) in [7, 11) is 0. The van der Waals surface area contributed by atoms with Crippen LogP contribution in [-0.2, 0) is 6.42 Å². The van der Waals surface area contributed by atoms with Gasteiger partial charge in [-0.1, -0.05) is 51.0 Å². The van der Waals surface area contributed by atoms with E-state index in [4.69, 9.17) is 0 Å². The average molecular weight is 320 g/mol. The van der Waals surface area contributed by atoms with Crippen LogP contribution in [0.1, 0.15) is 62.6 Å². The van der Waals surface area contributed by atoms with E-state index < -0.39 is 0 Å². The summed E-state index contributed by atoms with van der Waals surface area (Å²) in [6, 6.07) is 11.4. The summed E-state index contributed by atoms with van der Waals surface area (Å²) in [5.74, 6) is 0.622. The molecule has 2 aromatic heterocycles. The Morgan fingerprint density at radius 2 is 1.92 bits per heavy atom. The van der Waals surface area contributed by atoms with Gasteiger partial charge in [0.2, 0.25) is 0 Å². The van der Waals surface area contributed by atoms with Crippen LogP contribution in [0.15, 0.2) is 42.9 Å². The quantitative estimate of drug-likeness (QED) is 0.531. The zero-order chi connectivity index (χ0) is 17.1. The summed E-state index contributed by atoms with van der Waals surface area (Å²) in [6.07, 6.45) is 8.58. The van der Waals surface area contributed by atoms with Crippen molar-refractivity contribution in [2.24, 2.45) is 0 Å². The Hall–Kier alpha value is -2.09. The molecule has 126 valence electrons. The second kappa shape index (κ2) is 7.21. The summed E-state index contributed by atoms with van der Waals surface area (Å²) in [5.41, 5.74) is 8.13. The number of rotatable bonds is 6. The second-order valence-corrected chi connectivity index (χ2v) is 6.73. The van der Waals surface area contributed by atoms with Crippen molar-refractivity contribution in [3.05, 3.63) is 59.5 Å². The fraction of sp³-hybridized carbons (Fsp3) is 0.409. The molecule has 2 heterocycles. The zero-order valence-electron chi connectivity index (χ0n) is 15.3. The minimum absolute atomic E-state index is 0.622. The molecule has 2 nitrogen and oxygen atoms in total. The van der Waals surface area contributed by atoms with E-state index in [9.17, 15) is 0 Å². The van der Waals surface area contributed by atoms with E-state index in [1.165, 1.54) is 52.7 Å². The Bertz CT molecular complexity index is 829. The van der Waals surface area contributed by atoms with Crippen molar-refractivity contribution in [1.82, 2.24) is 9.38 Å². The van der Waals surface area contributed by atoms with Crippen LogP contribution >= 0.6 is 0 Å². The predicted molar refractivity (Wildman–Crippen MR) is 103 cm³/mol. The minimum atomic E-state index is 0.622. The van der Waals surface area contributed by atoms with Gasteiger partial charge >= 0.3 is 0 Å². The van der Waals surface area contributed by atoms with E-state index in [2.05, 4.69) is 67.4 Å². The van der Waals surface area contributed by atoms with Gasteiger partial charge in [0.1, 0.15) is 0 Å². The predicted octanol–water partition coefficient (Wildman–Crippen LogP) is 6.17. The van der Waals surface area contributed by atoms with E-state index in [0.29, 0.717) is 5.92 Å². The van der Waals surface area contributed by atoms with Crippen LogP contribution in [0.5, 0.6) is 0 Å². The largest absolute Gasteiger partial charge is 0.300 e. The van der Waals surface area contributed by atoms with Gasteiger partial charge in [-0.25, -0.2) is 4.98 Å². The molecule has 0 radical (unpaired) electrons. The van der Waals surface area contributed by atoms with E-state index >= 15 is 0 Å². The molecular formula is C22H28N2. The smallest absolute Gasteiger partial charge is 0.0995 e. The van der Waals surface area contributed by atoms with Crippen LogP contribution in [0, 0.1) is 6.92 Å². The third-order valence-electron chi connectivity index (χ3n) is 5.10. The highest BCUT2D eigenvalue weighted by molar-refractivity contribution is 5.74. The molecule has 0 spiro atoms. The highest BCUT2D eigenvalue weighted by Crippen LogP contribution is 2.35. The Morgan fingerprint density at radius 3 is 2.62 bits per heavy atom. The van der Waals surface area contributed by atoms with Crippen LogP contribution < -0.4 is 0 Å². The maximum absolute atomic E-state index is 4.38. The summed E-state index contributed by atoms with van der Waals surface area (Å²) in [4.78, 5) is 4.38. The topological polar surface area (TPSA) is 17.3 Å². The molecule has 0 amide bonds. The summed E-state index contributed by atoms with van der Waals surface area (Å²) >= 11 is 0. The maximum Gasteiger partial charge on any atom is 0.0995 e. The highest BCUT2D eigenvalue weighted by atomic mass is 15.0. The molecule has 0 saturated heterocycles. The van der Waals surface area contributed by atoms with Gasteiger partial charge in [-0.2, -0.15) is 0 Å². The summed E-state index contributed by atoms with van der Waals surface area (Å²) in [5, 5.41) is 0. The van der Waals surface area contributed by atoms with Crippen LogP contribution in [-0.4, -0.2) is 9.38 Å². The molecule has 3 aromatic rings. The molecule has 0 aliphatic heterocycles. The lowest BCUT2D eigenvalue weighted by Gasteiger charge is -2.12. The molecule has 3 rings (SSSR count). The number of fused-ring (bicyclic) bond motifs is 1. The van der Waals surface area contributed by atoms with Crippen molar-refractivity contribution < 1.29 is 0 Å². The Kier molecular flexibility index (Phi) is 5.03. The van der Waals surface area contributed by atoms with Crippen LogP contribution in [0.25, 0.3) is 16.8 Å². The first-order chi connectivity index (χ1) is 11.7. The van der Waals surface area contributed by atoms with Gasteiger partial charge in [0.15, 0.2) is 0 Å². The molecular weight excluding hydrogens is 292 g/mol. The lowest BCUT2D eigenvalue weighted by molar-refractivity contribution is 0.600. The van der Waals surface area contributed by atoms with Crippen molar-refractivity contribution in [3.8, 4) is 11.3 Å². The highest BCUT2D eigenvalue weighted by Gasteiger charge is 2.18. The Labute approximate surface area is 145 Å². The van der Waals surface area contributed by atoms with Gasteiger partial charge in [0, 0.05) is 11.8 Å². The van der Waals surface area contributed by atoms with Gasteiger partial charge in [-0.15, -0.1) is 0 Å². The molecule has 0 fully saturated rings. The number of hydrogen-bond acceptors (Lipinski definition) is 1. The third kappa shape index (κ3) is 2.98. The molecule has 0 N–H and O–H groups in total. The van der Waals surface area contributed by atoms with Crippen molar-refractivity contribution in [2.45, 2.75) is 59.3 Å².